The monoisotopic (exact) mass is 395 g/mol. The van der Waals surface area contributed by atoms with Crippen LogP contribution in [-0.2, 0) is 0 Å². The van der Waals surface area contributed by atoms with Crippen molar-refractivity contribution in [2.24, 2.45) is 0 Å². The lowest BCUT2D eigenvalue weighted by atomic mass is 10.2. The predicted molar refractivity (Wildman–Crippen MR) is 105 cm³/mol. The number of carbonyl (C=O) groups is 1. The first-order chi connectivity index (χ1) is 13.8. The Labute approximate surface area is 164 Å². The number of amides is 1. The van der Waals surface area contributed by atoms with Crippen LogP contribution in [0.2, 0.25) is 0 Å². The van der Waals surface area contributed by atoms with Crippen molar-refractivity contribution in [3.63, 3.8) is 0 Å². The van der Waals surface area contributed by atoms with Gasteiger partial charge in [0.15, 0.2) is 11.5 Å². The van der Waals surface area contributed by atoms with E-state index in [9.17, 15) is 4.79 Å². The first-order valence-corrected chi connectivity index (χ1v) is 9.44. The lowest BCUT2D eigenvalue weighted by Crippen LogP contribution is -2.27. The number of nitrogens with one attached hydrogen (secondary N) is 1. The number of thiophene rings is 1. The molecule has 0 atom stereocenters. The van der Waals surface area contributed by atoms with Gasteiger partial charge < -0.3 is 14.8 Å². The summed E-state index contributed by atoms with van der Waals surface area (Å²) < 4.78 is 12.7. The Morgan fingerprint density at radius 1 is 1.14 bits per heavy atom. The predicted octanol–water partition coefficient (Wildman–Crippen LogP) is 2.67. The molecule has 0 spiro atoms. The number of rotatable bonds is 7. The number of fused-ring (bicyclic) bond motifs is 1. The summed E-state index contributed by atoms with van der Waals surface area (Å²) in [5.74, 6) is 1.54. The average Bonchev–Trinajstić information content (AvgIpc) is 3.41. The van der Waals surface area contributed by atoms with Crippen LogP contribution in [0.1, 0.15) is 9.67 Å². The summed E-state index contributed by atoms with van der Waals surface area (Å²) in [4.78, 5) is 12.6. The summed E-state index contributed by atoms with van der Waals surface area (Å²) in [5.41, 5.74) is 1.38. The minimum absolute atomic E-state index is 0.112. The van der Waals surface area contributed by atoms with Crippen LogP contribution in [0.15, 0.2) is 53.9 Å². The Balaban J connectivity index is 1.46. The topological polar surface area (TPSA) is 90.6 Å². The normalized spacial score (nSPS) is 10.8. The Bertz CT molecular complexity index is 1090. The molecular formula is C19H17N5O3S. The number of hydrogen-bond donors (Lipinski definition) is 1. The van der Waals surface area contributed by atoms with E-state index >= 15 is 0 Å². The van der Waals surface area contributed by atoms with Crippen molar-refractivity contribution in [3.8, 4) is 23.0 Å². The van der Waals surface area contributed by atoms with Gasteiger partial charge in [0.2, 0.25) is 5.88 Å². The number of nitrogens with zero attached hydrogens (tertiary/aromatic N) is 4. The standard InChI is InChI=1S/C19H17N5O3S/c1-26-14-6-3-2-5-13(14)18-22-21-16-8-9-17(23-24(16)18)27-11-10-20-19(25)15-7-4-12-28-15/h2-9,12H,10-11H2,1H3,(H,20,25). The Morgan fingerprint density at radius 3 is 2.86 bits per heavy atom. The molecule has 3 aromatic heterocycles. The first kappa shape index (κ1) is 17.9. The second-order valence-corrected chi connectivity index (χ2v) is 6.69. The number of methoxy groups -OCH3 is 1. The first-order valence-electron chi connectivity index (χ1n) is 8.56. The van der Waals surface area contributed by atoms with Crippen molar-refractivity contribution < 1.29 is 14.3 Å². The van der Waals surface area contributed by atoms with Gasteiger partial charge >= 0.3 is 0 Å². The molecule has 1 N–H and O–H groups in total. The number of ether oxygens (including phenoxy) is 2. The van der Waals surface area contributed by atoms with Crippen molar-refractivity contribution in [2.75, 3.05) is 20.3 Å². The van der Waals surface area contributed by atoms with E-state index in [2.05, 4.69) is 20.6 Å². The fourth-order valence-corrected chi connectivity index (χ4v) is 3.30. The Hall–Kier alpha value is -3.46. The molecule has 3 heterocycles. The molecule has 8 nitrogen and oxygen atoms in total. The number of carbonyl (C=O) groups excluding carboxylic acids is 1. The molecule has 0 saturated heterocycles. The minimum Gasteiger partial charge on any atom is -0.496 e. The van der Waals surface area contributed by atoms with Gasteiger partial charge in [-0.15, -0.1) is 26.6 Å². The third kappa shape index (κ3) is 3.65. The smallest absolute Gasteiger partial charge is 0.261 e. The summed E-state index contributed by atoms with van der Waals surface area (Å²) in [7, 11) is 1.61. The SMILES string of the molecule is COc1ccccc1-c1nnc2ccc(OCCNC(=O)c3cccs3)nn12. The number of hydrogen-bond acceptors (Lipinski definition) is 7. The van der Waals surface area contributed by atoms with E-state index in [-0.39, 0.29) is 5.91 Å². The molecule has 28 heavy (non-hydrogen) atoms. The Morgan fingerprint density at radius 2 is 2.04 bits per heavy atom. The number of para-hydroxylation sites is 1. The van der Waals surface area contributed by atoms with Crippen LogP contribution in [0.5, 0.6) is 11.6 Å². The lowest BCUT2D eigenvalue weighted by Gasteiger charge is -2.08. The maximum atomic E-state index is 11.9. The quantitative estimate of drug-likeness (QED) is 0.484. The van der Waals surface area contributed by atoms with Crippen LogP contribution >= 0.6 is 11.3 Å². The summed E-state index contributed by atoms with van der Waals surface area (Å²) in [6.07, 6.45) is 0. The van der Waals surface area contributed by atoms with Crippen LogP contribution in [0.25, 0.3) is 17.0 Å². The third-order valence-electron chi connectivity index (χ3n) is 3.97. The largest absolute Gasteiger partial charge is 0.496 e. The van der Waals surface area contributed by atoms with Gasteiger partial charge in [-0.25, -0.2) is 0 Å². The van der Waals surface area contributed by atoms with E-state index in [1.165, 1.54) is 11.3 Å². The van der Waals surface area contributed by atoms with E-state index in [0.29, 0.717) is 41.1 Å². The lowest BCUT2D eigenvalue weighted by molar-refractivity contribution is 0.0950. The van der Waals surface area contributed by atoms with Crippen molar-refractivity contribution in [3.05, 3.63) is 58.8 Å². The van der Waals surface area contributed by atoms with E-state index < -0.39 is 0 Å². The fourth-order valence-electron chi connectivity index (χ4n) is 2.66. The molecule has 0 aliphatic heterocycles. The zero-order chi connectivity index (χ0) is 19.3. The highest BCUT2D eigenvalue weighted by Gasteiger charge is 2.14. The van der Waals surface area contributed by atoms with Crippen LogP contribution in [0, 0.1) is 0 Å². The summed E-state index contributed by atoms with van der Waals surface area (Å²) in [6.45, 7) is 0.666. The van der Waals surface area contributed by atoms with Gasteiger partial charge in [0.25, 0.3) is 5.91 Å². The van der Waals surface area contributed by atoms with E-state index in [1.54, 1.807) is 29.8 Å². The zero-order valence-corrected chi connectivity index (χ0v) is 15.8. The van der Waals surface area contributed by atoms with Gasteiger partial charge in [-0.1, -0.05) is 18.2 Å². The molecule has 0 bridgehead atoms. The minimum atomic E-state index is -0.112. The highest BCUT2D eigenvalue weighted by atomic mass is 32.1. The zero-order valence-electron chi connectivity index (χ0n) is 15.0. The van der Waals surface area contributed by atoms with Crippen molar-refractivity contribution in [2.45, 2.75) is 0 Å². The van der Waals surface area contributed by atoms with Crippen molar-refractivity contribution in [1.82, 2.24) is 25.1 Å². The fraction of sp³-hybridized carbons (Fsp3) is 0.158. The van der Waals surface area contributed by atoms with Crippen LogP contribution in [-0.4, -0.2) is 46.0 Å². The summed E-state index contributed by atoms with van der Waals surface area (Å²) in [5, 5.41) is 17.5. The molecule has 0 unspecified atom stereocenters. The van der Waals surface area contributed by atoms with Gasteiger partial charge in [0.1, 0.15) is 12.4 Å². The molecule has 0 radical (unpaired) electrons. The van der Waals surface area contributed by atoms with E-state index in [1.807, 2.05) is 35.7 Å². The van der Waals surface area contributed by atoms with Crippen LogP contribution in [0.3, 0.4) is 0 Å². The molecule has 9 heteroatoms. The van der Waals surface area contributed by atoms with Crippen molar-refractivity contribution >= 4 is 22.9 Å². The van der Waals surface area contributed by atoms with Crippen LogP contribution in [0.4, 0.5) is 0 Å². The molecule has 1 amide bonds. The third-order valence-corrected chi connectivity index (χ3v) is 4.84. The second kappa shape index (κ2) is 8.05. The second-order valence-electron chi connectivity index (χ2n) is 5.75. The van der Waals surface area contributed by atoms with Gasteiger partial charge in [-0.2, -0.15) is 4.52 Å². The molecular weight excluding hydrogens is 378 g/mol. The number of benzene rings is 1. The molecule has 4 rings (SSSR count). The highest BCUT2D eigenvalue weighted by Crippen LogP contribution is 2.28. The van der Waals surface area contributed by atoms with E-state index in [0.717, 1.165) is 5.56 Å². The van der Waals surface area contributed by atoms with Gasteiger partial charge in [0, 0.05) is 6.07 Å². The average molecular weight is 395 g/mol. The molecule has 0 saturated carbocycles. The van der Waals surface area contributed by atoms with Gasteiger partial charge in [0.05, 0.1) is 24.1 Å². The van der Waals surface area contributed by atoms with Gasteiger partial charge in [-0.3, -0.25) is 4.79 Å². The highest BCUT2D eigenvalue weighted by molar-refractivity contribution is 7.12. The van der Waals surface area contributed by atoms with Crippen LogP contribution < -0.4 is 14.8 Å². The molecule has 0 fully saturated rings. The maximum absolute atomic E-state index is 11.9. The number of aromatic nitrogens is 4. The van der Waals surface area contributed by atoms with Crippen molar-refractivity contribution in [1.29, 1.82) is 0 Å². The summed E-state index contributed by atoms with van der Waals surface area (Å²) >= 11 is 1.40. The molecule has 1 aromatic carbocycles. The maximum Gasteiger partial charge on any atom is 0.261 e. The molecule has 142 valence electrons. The molecule has 4 aromatic rings. The Kier molecular flexibility index (Phi) is 5.16. The molecule has 0 aliphatic rings. The van der Waals surface area contributed by atoms with E-state index in [4.69, 9.17) is 9.47 Å². The van der Waals surface area contributed by atoms with Gasteiger partial charge in [-0.05, 0) is 29.6 Å². The molecule has 0 aliphatic carbocycles. The summed E-state index contributed by atoms with van der Waals surface area (Å²) in [6, 6.07) is 14.6.